The molecule has 4 aliphatic heterocycles. The minimum atomic E-state index is 0.0393. The van der Waals surface area contributed by atoms with Crippen molar-refractivity contribution in [1.82, 2.24) is 9.80 Å². The Balaban J connectivity index is 0.000000135. The molecule has 4 fully saturated rings. The number of hydrogen-bond donors (Lipinski definition) is 0. The Morgan fingerprint density at radius 2 is 0.920 bits per heavy atom. The van der Waals surface area contributed by atoms with Crippen LogP contribution in [0.1, 0.15) is 59.8 Å². The van der Waals surface area contributed by atoms with Gasteiger partial charge in [0.25, 0.3) is 0 Å². The summed E-state index contributed by atoms with van der Waals surface area (Å²) in [5.41, 5.74) is 6.32. The zero-order valence-electron chi connectivity index (χ0n) is 29.1. The third-order valence-corrected chi connectivity index (χ3v) is 12.0. The lowest BCUT2D eigenvalue weighted by Gasteiger charge is -2.48. The van der Waals surface area contributed by atoms with Crippen molar-refractivity contribution in [2.75, 3.05) is 52.5 Å². The molecule has 6 aliphatic rings. The Morgan fingerprint density at radius 3 is 1.36 bits per heavy atom. The van der Waals surface area contributed by atoms with Gasteiger partial charge in [-0.3, -0.25) is 9.80 Å². The largest absolute Gasteiger partial charge is 0.488 e. The van der Waals surface area contributed by atoms with Crippen molar-refractivity contribution in [2.24, 2.45) is 0 Å². The van der Waals surface area contributed by atoms with Crippen LogP contribution in [0.4, 0.5) is 0 Å². The highest BCUT2D eigenvalue weighted by Gasteiger charge is 2.52. The SMILES string of the molecule is c1ccc(O[C@@H]2COC3(C2)CN(C[C@H]2CCc4ccccc42)C3)cc1.c1ccc(O[C@H]2COC3(C2)CN(C[C@@H]2CCc4ccccc42)C3)cc1. The van der Waals surface area contributed by atoms with Crippen LogP contribution < -0.4 is 9.47 Å². The minimum Gasteiger partial charge on any atom is -0.488 e. The smallest absolute Gasteiger partial charge is 0.125 e. The van der Waals surface area contributed by atoms with E-state index in [-0.39, 0.29) is 23.4 Å². The van der Waals surface area contributed by atoms with E-state index in [1.807, 2.05) is 60.7 Å². The number of aryl methyl sites for hydroxylation is 2. The summed E-state index contributed by atoms with van der Waals surface area (Å²) < 4.78 is 24.5. The van der Waals surface area contributed by atoms with Crippen molar-refractivity contribution in [3.05, 3.63) is 131 Å². The molecule has 0 radical (unpaired) electrons. The standard InChI is InChI=1S/2C22H25NO2/c2*1-2-7-19(8-3-1)25-20-12-22(24-14-20)15-23(16-22)13-18-11-10-17-6-4-5-9-21(17)18/h2*1-9,18,20H,10-16H2/t2*18-,20+/m10/s1. The molecular formula is C44H50N2O4. The Bertz CT molecular complexity index is 1610. The number of hydrogen-bond acceptors (Lipinski definition) is 6. The fraction of sp³-hybridized carbons (Fsp3) is 0.455. The van der Waals surface area contributed by atoms with Crippen LogP contribution in [-0.2, 0) is 22.3 Å². The van der Waals surface area contributed by atoms with Crippen LogP contribution in [0.2, 0.25) is 0 Å². The summed E-state index contributed by atoms with van der Waals surface area (Å²) in [5, 5.41) is 0. The second-order valence-corrected chi connectivity index (χ2v) is 15.7. The number of nitrogens with zero attached hydrogens (tertiary/aromatic N) is 2. The average Bonchev–Trinajstić information content (AvgIpc) is 3.92. The third kappa shape index (κ3) is 6.83. The molecule has 4 aromatic rings. The van der Waals surface area contributed by atoms with E-state index in [0.717, 1.165) is 63.7 Å². The van der Waals surface area contributed by atoms with Crippen molar-refractivity contribution >= 4 is 0 Å². The van der Waals surface area contributed by atoms with Gasteiger partial charge in [0.2, 0.25) is 0 Å². The zero-order chi connectivity index (χ0) is 33.4. The van der Waals surface area contributed by atoms with Crippen molar-refractivity contribution in [2.45, 2.75) is 73.8 Å². The van der Waals surface area contributed by atoms with Gasteiger partial charge in [-0.15, -0.1) is 0 Å². The van der Waals surface area contributed by atoms with Crippen molar-refractivity contribution in [3.63, 3.8) is 0 Å². The Hall–Kier alpha value is -3.68. The molecule has 0 bridgehead atoms. The molecule has 4 saturated heterocycles. The number of para-hydroxylation sites is 2. The number of benzene rings is 4. The van der Waals surface area contributed by atoms with Crippen LogP contribution in [-0.4, -0.2) is 85.7 Å². The van der Waals surface area contributed by atoms with E-state index in [1.54, 1.807) is 22.3 Å². The molecule has 0 saturated carbocycles. The number of ether oxygens (including phenoxy) is 4. The van der Waals surface area contributed by atoms with Gasteiger partial charge in [0.15, 0.2) is 0 Å². The van der Waals surface area contributed by atoms with Gasteiger partial charge in [-0.05, 0) is 84.0 Å². The van der Waals surface area contributed by atoms with Gasteiger partial charge in [-0.1, -0.05) is 84.9 Å². The molecule has 4 atom stereocenters. The average molecular weight is 671 g/mol. The summed E-state index contributed by atoms with van der Waals surface area (Å²) in [4.78, 5) is 5.13. The monoisotopic (exact) mass is 670 g/mol. The lowest BCUT2D eigenvalue weighted by Crippen LogP contribution is -2.62. The molecular weight excluding hydrogens is 620 g/mol. The molecule has 2 aliphatic carbocycles. The van der Waals surface area contributed by atoms with Gasteiger partial charge in [0.1, 0.15) is 23.7 Å². The molecule has 4 heterocycles. The Labute approximate surface area is 297 Å². The van der Waals surface area contributed by atoms with Crippen LogP contribution >= 0.6 is 0 Å². The van der Waals surface area contributed by atoms with Gasteiger partial charge >= 0.3 is 0 Å². The molecule has 6 heteroatoms. The normalized spacial score (nSPS) is 27.2. The second-order valence-electron chi connectivity index (χ2n) is 15.7. The van der Waals surface area contributed by atoms with Gasteiger partial charge in [-0.25, -0.2) is 0 Å². The first-order chi connectivity index (χ1) is 24.6. The summed E-state index contributed by atoms with van der Waals surface area (Å²) in [5.74, 6) is 3.30. The summed E-state index contributed by atoms with van der Waals surface area (Å²) >= 11 is 0. The van der Waals surface area contributed by atoms with Gasteiger partial charge < -0.3 is 18.9 Å². The molecule has 260 valence electrons. The first kappa shape index (κ1) is 32.2. The minimum absolute atomic E-state index is 0.0393. The molecule has 0 amide bonds. The van der Waals surface area contributed by atoms with Gasteiger partial charge in [0, 0.05) is 52.1 Å². The van der Waals surface area contributed by atoms with E-state index in [2.05, 4.69) is 58.3 Å². The summed E-state index contributed by atoms with van der Waals surface area (Å²) in [6, 6.07) is 38.1. The Morgan fingerprint density at radius 1 is 0.520 bits per heavy atom. The molecule has 6 nitrogen and oxygen atoms in total. The zero-order valence-corrected chi connectivity index (χ0v) is 29.1. The lowest BCUT2D eigenvalue weighted by molar-refractivity contribution is -0.112. The quantitative estimate of drug-likeness (QED) is 0.197. The highest BCUT2D eigenvalue weighted by atomic mass is 16.6. The van der Waals surface area contributed by atoms with E-state index in [4.69, 9.17) is 18.9 Å². The fourth-order valence-corrected chi connectivity index (χ4v) is 9.67. The van der Waals surface area contributed by atoms with Crippen LogP contribution in [0, 0.1) is 0 Å². The summed E-state index contributed by atoms with van der Waals surface area (Å²) in [6.07, 6.45) is 7.48. The molecule has 0 N–H and O–H groups in total. The number of rotatable bonds is 8. The predicted molar refractivity (Wildman–Crippen MR) is 196 cm³/mol. The molecule has 10 rings (SSSR count). The van der Waals surface area contributed by atoms with Crippen LogP contribution in [0.3, 0.4) is 0 Å². The van der Waals surface area contributed by atoms with Gasteiger partial charge in [0.05, 0.1) is 24.4 Å². The third-order valence-electron chi connectivity index (χ3n) is 12.0. The number of likely N-dealkylation sites (tertiary alicyclic amines) is 2. The first-order valence-electron chi connectivity index (χ1n) is 18.9. The van der Waals surface area contributed by atoms with Crippen LogP contribution in [0.25, 0.3) is 0 Å². The van der Waals surface area contributed by atoms with E-state index < -0.39 is 0 Å². The van der Waals surface area contributed by atoms with Crippen molar-refractivity contribution in [3.8, 4) is 11.5 Å². The van der Waals surface area contributed by atoms with E-state index in [0.29, 0.717) is 11.8 Å². The molecule has 2 spiro atoms. The van der Waals surface area contributed by atoms with Crippen LogP contribution in [0.15, 0.2) is 109 Å². The maximum Gasteiger partial charge on any atom is 0.125 e. The van der Waals surface area contributed by atoms with E-state index in [9.17, 15) is 0 Å². The van der Waals surface area contributed by atoms with Gasteiger partial charge in [-0.2, -0.15) is 0 Å². The topological polar surface area (TPSA) is 43.4 Å². The first-order valence-corrected chi connectivity index (χ1v) is 18.9. The molecule has 50 heavy (non-hydrogen) atoms. The highest BCUT2D eigenvalue weighted by molar-refractivity contribution is 5.36. The maximum absolute atomic E-state index is 6.16. The highest BCUT2D eigenvalue weighted by Crippen LogP contribution is 2.42. The van der Waals surface area contributed by atoms with E-state index in [1.165, 1.54) is 38.8 Å². The molecule has 0 unspecified atom stereocenters. The summed E-state index contributed by atoms with van der Waals surface area (Å²) in [6.45, 7) is 8.00. The van der Waals surface area contributed by atoms with Crippen molar-refractivity contribution < 1.29 is 18.9 Å². The molecule has 4 aromatic carbocycles. The molecule has 0 aromatic heterocycles. The van der Waals surface area contributed by atoms with E-state index >= 15 is 0 Å². The Kier molecular flexibility index (Phi) is 8.90. The second kappa shape index (κ2) is 13.8. The lowest BCUT2D eigenvalue weighted by atomic mass is 9.88. The predicted octanol–water partition coefficient (Wildman–Crippen LogP) is 7.28. The van der Waals surface area contributed by atoms with Crippen molar-refractivity contribution in [1.29, 1.82) is 0 Å². The maximum atomic E-state index is 6.16. The van der Waals surface area contributed by atoms with Crippen LogP contribution in [0.5, 0.6) is 11.5 Å². The number of fused-ring (bicyclic) bond motifs is 2. The fourth-order valence-electron chi connectivity index (χ4n) is 9.67. The summed E-state index contributed by atoms with van der Waals surface area (Å²) in [7, 11) is 0.